The third-order valence-corrected chi connectivity index (χ3v) is 4.29. The Hall–Kier alpha value is -1.96. The van der Waals surface area contributed by atoms with Crippen LogP contribution in [0.25, 0.3) is 0 Å². The van der Waals surface area contributed by atoms with E-state index in [0.29, 0.717) is 12.0 Å². The molecule has 0 saturated carbocycles. The molecule has 1 aromatic carbocycles. The van der Waals surface area contributed by atoms with Gasteiger partial charge in [0.05, 0.1) is 18.8 Å². The highest BCUT2D eigenvalue weighted by Gasteiger charge is 2.53. The number of carbonyl (C=O) groups is 2. The van der Waals surface area contributed by atoms with Crippen molar-refractivity contribution in [3.63, 3.8) is 0 Å². The summed E-state index contributed by atoms with van der Waals surface area (Å²) in [7, 11) is 2.57. The van der Waals surface area contributed by atoms with Crippen LogP contribution >= 0.6 is 0 Å². The van der Waals surface area contributed by atoms with E-state index in [1.807, 2.05) is 6.92 Å². The van der Waals surface area contributed by atoms with Crippen LogP contribution in [0.4, 0.5) is 0 Å². The Morgan fingerprint density at radius 2 is 2.00 bits per heavy atom. The number of rotatable bonds is 6. The van der Waals surface area contributed by atoms with Crippen molar-refractivity contribution in [2.75, 3.05) is 20.8 Å². The molecule has 1 fully saturated rings. The van der Waals surface area contributed by atoms with Crippen LogP contribution in [-0.4, -0.2) is 55.9 Å². The number of hydrogen-bond donors (Lipinski definition) is 1. The minimum absolute atomic E-state index is 0.0840. The molecule has 0 spiro atoms. The minimum atomic E-state index is -1.51. The van der Waals surface area contributed by atoms with Crippen LogP contribution in [0, 0.1) is 5.92 Å². The van der Waals surface area contributed by atoms with Crippen molar-refractivity contribution in [3.8, 4) is 0 Å². The van der Waals surface area contributed by atoms with Gasteiger partial charge in [-0.15, -0.1) is 0 Å². The van der Waals surface area contributed by atoms with Crippen molar-refractivity contribution >= 4 is 11.9 Å². The van der Waals surface area contributed by atoms with Crippen LogP contribution in [0.5, 0.6) is 0 Å². The highest BCUT2D eigenvalue weighted by atomic mass is 16.7. The van der Waals surface area contributed by atoms with Crippen molar-refractivity contribution in [1.82, 2.24) is 0 Å². The average molecular weight is 352 g/mol. The van der Waals surface area contributed by atoms with Gasteiger partial charge in [-0.05, 0) is 31.4 Å². The molecule has 1 aromatic rings. The van der Waals surface area contributed by atoms with Crippen molar-refractivity contribution in [3.05, 3.63) is 35.9 Å². The van der Waals surface area contributed by atoms with E-state index in [0.717, 1.165) is 0 Å². The third-order valence-electron chi connectivity index (χ3n) is 4.29. The first-order valence-corrected chi connectivity index (χ1v) is 8.13. The van der Waals surface area contributed by atoms with Gasteiger partial charge in [0.1, 0.15) is 0 Å². The van der Waals surface area contributed by atoms with E-state index in [1.54, 1.807) is 30.3 Å². The lowest BCUT2D eigenvalue weighted by molar-refractivity contribution is -0.312. The molecule has 2 rings (SSSR count). The van der Waals surface area contributed by atoms with Crippen molar-refractivity contribution < 1.29 is 33.6 Å². The minimum Gasteiger partial charge on any atom is -0.466 e. The zero-order chi connectivity index (χ0) is 18.4. The number of esters is 2. The average Bonchev–Trinajstić information content (AvgIpc) is 2.65. The standard InChI is InChI=1S/C18H24O7/c1-12-9-13(11-19)10-18(23-3,25-12)15(17(21)22-2)24-16(20)14-7-5-4-6-8-14/h4-8,12-13,15,19H,9-11H2,1-3H3/t12-,13+,15-,18-/m1/s1. The Kier molecular flexibility index (Phi) is 6.52. The first-order valence-electron chi connectivity index (χ1n) is 8.13. The summed E-state index contributed by atoms with van der Waals surface area (Å²) in [6, 6.07) is 8.31. The second-order valence-electron chi connectivity index (χ2n) is 6.11. The van der Waals surface area contributed by atoms with Gasteiger partial charge in [0.15, 0.2) is 0 Å². The Morgan fingerprint density at radius 1 is 1.32 bits per heavy atom. The monoisotopic (exact) mass is 352 g/mol. The number of aliphatic hydroxyl groups is 1. The first-order chi connectivity index (χ1) is 12.0. The summed E-state index contributed by atoms with van der Waals surface area (Å²) in [4.78, 5) is 24.7. The molecule has 7 nitrogen and oxygen atoms in total. The normalized spacial score (nSPS) is 27.4. The van der Waals surface area contributed by atoms with Gasteiger partial charge in [-0.25, -0.2) is 9.59 Å². The first kappa shape index (κ1) is 19.4. The highest BCUT2D eigenvalue weighted by molar-refractivity contribution is 5.91. The maximum atomic E-state index is 12.4. The van der Waals surface area contributed by atoms with E-state index in [1.165, 1.54) is 14.2 Å². The van der Waals surface area contributed by atoms with E-state index in [4.69, 9.17) is 18.9 Å². The molecule has 0 aliphatic carbocycles. The summed E-state index contributed by atoms with van der Waals surface area (Å²) < 4.78 is 21.6. The molecule has 1 heterocycles. The number of hydrogen-bond acceptors (Lipinski definition) is 7. The van der Waals surface area contributed by atoms with Gasteiger partial charge in [0, 0.05) is 20.1 Å². The van der Waals surface area contributed by atoms with Crippen LogP contribution in [-0.2, 0) is 23.7 Å². The molecule has 1 N–H and O–H groups in total. The molecule has 1 saturated heterocycles. The van der Waals surface area contributed by atoms with Crippen LogP contribution < -0.4 is 0 Å². The number of aliphatic hydroxyl groups excluding tert-OH is 1. The largest absolute Gasteiger partial charge is 0.466 e. The van der Waals surface area contributed by atoms with E-state index in [2.05, 4.69) is 0 Å². The summed E-state index contributed by atoms with van der Waals surface area (Å²) in [6.45, 7) is 1.72. The fraction of sp³-hybridized carbons (Fsp3) is 0.556. The second-order valence-corrected chi connectivity index (χ2v) is 6.11. The predicted molar refractivity (Wildman–Crippen MR) is 87.8 cm³/mol. The zero-order valence-corrected chi connectivity index (χ0v) is 14.6. The number of benzene rings is 1. The molecule has 1 aliphatic rings. The van der Waals surface area contributed by atoms with Gasteiger partial charge in [0.2, 0.25) is 5.79 Å². The molecule has 0 aromatic heterocycles. The van der Waals surface area contributed by atoms with Gasteiger partial charge in [-0.3, -0.25) is 0 Å². The number of carbonyl (C=O) groups excluding carboxylic acids is 2. The summed E-state index contributed by atoms with van der Waals surface area (Å²) in [5.74, 6) is -3.12. The Labute approximate surface area is 146 Å². The van der Waals surface area contributed by atoms with Crippen LogP contribution in [0.3, 0.4) is 0 Å². The summed E-state index contributed by atoms with van der Waals surface area (Å²) in [6.07, 6.45) is -0.880. The van der Waals surface area contributed by atoms with Gasteiger partial charge >= 0.3 is 11.9 Å². The van der Waals surface area contributed by atoms with E-state index < -0.39 is 23.8 Å². The molecular formula is C18H24O7. The maximum Gasteiger partial charge on any atom is 0.352 e. The summed E-state index contributed by atoms with van der Waals surface area (Å²) in [5, 5.41) is 9.54. The fourth-order valence-corrected chi connectivity index (χ4v) is 3.11. The lowest BCUT2D eigenvalue weighted by atomic mass is 9.87. The van der Waals surface area contributed by atoms with E-state index >= 15 is 0 Å². The van der Waals surface area contributed by atoms with Gasteiger partial charge in [-0.2, -0.15) is 0 Å². The van der Waals surface area contributed by atoms with Crippen LogP contribution in [0.1, 0.15) is 30.1 Å². The van der Waals surface area contributed by atoms with Gasteiger partial charge in [0.25, 0.3) is 6.10 Å². The molecule has 138 valence electrons. The molecule has 7 heteroatoms. The zero-order valence-electron chi connectivity index (χ0n) is 14.6. The van der Waals surface area contributed by atoms with Crippen molar-refractivity contribution in [1.29, 1.82) is 0 Å². The van der Waals surface area contributed by atoms with Crippen LogP contribution in [0.15, 0.2) is 30.3 Å². The quantitative estimate of drug-likeness (QED) is 0.776. The Morgan fingerprint density at radius 3 is 2.56 bits per heavy atom. The summed E-state index contributed by atoms with van der Waals surface area (Å²) >= 11 is 0. The predicted octanol–water partition coefficient (Wildman–Crippen LogP) is 1.54. The second kappa shape index (κ2) is 8.42. The van der Waals surface area contributed by atoms with Crippen molar-refractivity contribution in [2.45, 2.75) is 37.8 Å². The highest BCUT2D eigenvalue weighted by Crippen LogP contribution is 2.37. The molecule has 4 atom stereocenters. The lowest BCUT2D eigenvalue weighted by Gasteiger charge is -2.44. The Balaban J connectivity index is 2.31. The smallest absolute Gasteiger partial charge is 0.352 e. The number of methoxy groups -OCH3 is 2. The van der Waals surface area contributed by atoms with Gasteiger partial charge < -0.3 is 24.1 Å². The van der Waals surface area contributed by atoms with E-state index in [9.17, 15) is 14.7 Å². The SMILES string of the molecule is COC(=O)[C@@H](OC(=O)c1ccccc1)[C@@]1(OC)C[C@@H](CO)C[C@@H](C)O1. The van der Waals surface area contributed by atoms with Crippen LogP contribution in [0.2, 0.25) is 0 Å². The molecule has 1 aliphatic heterocycles. The lowest BCUT2D eigenvalue weighted by Crippen LogP contribution is -2.58. The molecule has 0 radical (unpaired) electrons. The number of ether oxygens (including phenoxy) is 4. The van der Waals surface area contributed by atoms with E-state index in [-0.39, 0.29) is 25.0 Å². The molecule has 0 unspecified atom stereocenters. The molecular weight excluding hydrogens is 328 g/mol. The molecule has 25 heavy (non-hydrogen) atoms. The third kappa shape index (κ3) is 4.36. The summed E-state index contributed by atoms with van der Waals surface area (Å²) in [5.41, 5.74) is 0.297. The van der Waals surface area contributed by atoms with Crippen molar-refractivity contribution in [2.24, 2.45) is 5.92 Å². The topological polar surface area (TPSA) is 91.3 Å². The molecule has 0 bridgehead atoms. The molecule has 0 amide bonds. The van der Waals surface area contributed by atoms with Gasteiger partial charge in [-0.1, -0.05) is 18.2 Å². The fourth-order valence-electron chi connectivity index (χ4n) is 3.11. The Bertz CT molecular complexity index is 588. The maximum absolute atomic E-state index is 12.4.